The number of carbonyl (C=O) groups excluding carboxylic acids is 1. The lowest BCUT2D eigenvalue weighted by Crippen LogP contribution is -2.48. The van der Waals surface area contributed by atoms with E-state index in [9.17, 15) is 4.79 Å². The number of amides is 1. The van der Waals surface area contributed by atoms with Crippen molar-refractivity contribution in [1.29, 1.82) is 0 Å². The van der Waals surface area contributed by atoms with Crippen molar-refractivity contribution in [1.82, 2.24) is 15.5 Å². The van der Waals surface area contributed by atoms with Crippen molar-refractivity contribution in [3.05, 3.63) is 0 Å². The summed E-state index contributed by atoms with van der Waals surface area (Å²) in [6.07, 6.45) is 4.34. The van der Waals surface area contributed by atoms with Gasteiger partial charge in [0.15, 0.2) is 0 Å². The fraction of sp³-hybridized carbons (Fsp3) is 0.917. The second-order valence-corrected chi connectivity index (χ2v) is 5.13. The Morgan fingerprint density at radius 1 is 1.31 bits per heavy atom. The van der Waals surface area contributed by atoms with Crippen LogP contribution in [-0.4, -0.2) is 50.1 Å². The maximum absolute atomic E-state index is 12.0. The lowest BCUT2D eigenvalue weighted by Gasteiger charge is -2.30. The molecular formula is C12H23N3O. The Bertz CT molecular complexity index is 230. The van der Waals surface area contributed by atoms with Gasteiger partial charge in [0, 0.05) is 18.5 Å². The largest absolute Gasteiger partial charge is 0.352 e. The standard InChI is InChI=1S/C12H23N3O/c1-15-7-4-10(5-8-15)12(16)14-11-3-2-6-13-9-11/h10-11,13H,2-9H2,1H3,(H,14,16). The first kappa shape index (κ1) is 11.9. The number of hydrogen-bond donors (Lipinski definition) is 2. The van der Waals surface area contributed by atoms with Crippen molar-refractivity contribution >= 4 is 5.91 Å². The quantitative estimate of drug-likeness (QED) is 0.705. The first-order valence-electron chi connectivity index (χ1n) is 6.45. The van der Waals surface area contributed by atoms with Crippen LogP contribution in [0.15, 0.2) is 0 Å². The molecule has 0 aliphatic carbocycles. The van der Waals surface area contributed by atoms with E-state index in [2.05, 4.69) is 22.6 Å². The fourth-order valence-electron chi connectivity index (χ4n) is 2.56. The zero-order valence-electron chi connectivity index (χ0n) is 10.2. The van der Waals surface area contributed by atoms with Gasteiger partial charge in [-0.05, 0) is 52.4 Å². The SMILES string of the molecule is CN1CCC(C(=O)NC2CCCNC2)CC1. The van der Waals surface area contributed by atoms with Gasteiger partial charge in [0.2, 0.25) is 5.91 Å². The van der Waals surface area contributed by atoms with E-state index in [0.29, 0.717) is 6.04 Å². The molecule has 16 heavy (non-hydrogen) atoms. The van der Waals surface area contributed by atoms with Crippen molar-refractivity contribution in [3.63, 3.8) is 0 Å². The summed E-state index contributed by atoms with van der Waals surface area (Å²) in [5.41, 5.74) is 0. The highest BCUT2D eigenvalue weighted by Gasteiger charge is 2.25. The van der Waals surface area contributed by atoms with Gasteiger partial charge < -0.3 is 15.5 Å². The van der Waals surface area contributed by atoms with Crippen LogP contribution < -0.4 is 10.6 Å². The molecule has 0 aromatic rings. The van der Waals surface area contributed by atoms with Gasteiger partial charge in [0.1, 0.15) is 0 Å². The highest BCUT2D eigenvalue weighted by atomic mass is 16.1. The lowest BCUT2D eigenvalue weighted by atomic mass is 9.95. The third-order valence-corrected chi connectivity index (χ3v) is 3.73. The molecule has 2 aliphatic heterocycles. The molecule has 2 rings (SSSR count). The van der Waals surface area contributed by atoms with Crippen molar-refractivity contribution in [3.8, 4) is 0 Å². The number of rotatable bonds is 2. The summed E-state index contributed by atoms with van der Waals surface area (Å²) >= 11 is 0. The molecule has 1 unspecified atom stereocenters. The Kier molecular flexibility index (Phi) is 4.18. The molecule has 0 radical (unpaired) electrons. The molecular weight excluding hydrogens is 202 g/mol. The molecule has 2 saturated heterocycles. The van der Waals surface area contributed by atoms with Crippen molar-refractivity contribution in [2.75, 3.05) is 33.2 Å². The van der Waals surface area contributed by atoms with Crippen LogP contribution in [0.25, 0.3) is 0 Å². The fourth-order valence-corrected chi connectivity index (χ4v) is 2.56. The van der Waals surface area contributed by atoms with E-state index in [1.807, 2.05) is 0 Å². The van der Waals surface area contributed by atoms with Gasteiger partial charge >= 0.3 is 0 Å². The number of nitrogens with zero attached hydrogens (tertiary/aromatic N) is 1. The first-order valence-corrected chi connectivity index (χ1v) is 6.45. The Labute approximate surface area is 97.8 Å². The van der Waals surface area contributed by atoms with Gasteiger partial charge in [0.05, 0.1) is 0 Å². The average molecular weight is 225 g/mol. The first-order chi connectivity index (χ1) is 7.75. The predicted octanol–water partition coefficient (Wildman–Crippen LogP) is 0.196. The molecule has 0 aromatic heterocycles. The summed E-state index contributed by atoms with van der Waals surface area (Å²) in [6, 6.07) is 0.362. The molecule has 0 spiro atoms. The van der Waals surface area contributed by atoms with Gasteiger partial charge in [-0.1, -0.05) is 0 Å². The van der Waals surface area contributed by atoms with E-state index in [0.717, 1.165) is 45.4 Å². The van der Waals surface area contributed by atoms with Crippen LogP contribution in [0, 0.1) is 5.92 Å². The van der Waals surface area contributed by atoms with Gasteiger partial charge in [-0.15, -0.1) is 0 Å². The highest BCUT2D eigenvalue weighted by molar-refractivity contribution is 5.79. The number of nitrogens with one attached hydrogen (secondary N) is 2. The molecule has 92 valence electrons. The van der Waals surface area contributed by atoms with Crippen LogP contribution >= 0.6 is 0 Å². The molecule has 2 aliphatic rings. The molecule has 2 heterocycles. The number of carbonyl (C=O) groups is 1. The van der Waals surface area contributed by atoms with Crippen molar-refractivity contribution in [2.45, 2.75) is 31.7 Å². The molecule has 1 amide bonds. The van der Waals surface area contributed by atoms with Gasteiger partial charge in [-0.3, -0.25) is 4.79 Å². The minimum atomic E-state index is 0.248. The van der Waals surface area contributed by atoms with Crippen LogP contribution in [0.2, 0.25) is 0 Å². The Morgan fingerprint density at radius 3 is 2.69 bits per heavy atom. The summed E-state index contributed by atoms with van der Waals surface area (Å²) in [5.74, 6) is 0.528. The number of hydrogen-bond acceptors (Lipinski definition) is 3. The number of likely N-dealkylation sites (tertiary alicyclic amines) is 1. The molecule has 4 nitrogen and oxygen atoms in total. The van der Waals surface area contributed by atoms with E-state index in [-0.39, 0.29) is 11.8 Å². The Morgan fingerprint density at radius 2 is 2.06 bits per heavy atom. The Balaban J connectivity index is 1.74. The van der Waals surface area contributed by atoms with E-state index >= 15 is 0 Å². The lowest BCUT2D eigenvalue weighted by molar-refractivity contribution is -0.127. The maximum atomic E-state index is 12.0. The number of piperidine rings is 2. The van der Waals surface area contributed by atoms with E-state index in [4.69, 9.17) is 0 Å². The minimum absolute atomic E-state index is 0.248. The zero-order chi connectivity index (χ0) is 11.4. The molecule has 0 aromatic carbocycles. The average Bonchev–Trinajstić information content (AvgIpc) is 2.31. The summed E-state index contributed by atoms with van der Waals surface area (Å²) in [7, 11) is 2.12. The zero-order valence-corrected chi connectivity index (χ0v) is 10.2. The third-order valence-electron chi connectivity index (χ3n) is 3.73. The van der Waals surface area contributed by atoms with Gasteiger partial charge in [0.25, 0.3) is 0 Å². The van der Waals surface area contributed by atoms with Crippen molar-refractivity contribution < 1.29 is 4.79 Å². The van der Waals surface area contributed by atoms with Crippen LogP contribution in [0.5, 0.6) is 0 Å². The summed E-state index contributed by atoms with van der Waals surface area (Å²) < 4.78 is 0. The molecule has 2 fully saturated rings. The monoisotopic (exact) mass is 225 g/mol. The topological polar surface area (TPSA) is 44.4 Å². The predicted molar refractivity (Wildman–Crippen MR) is 64.3 cm³/mol. The van der Waals surface area contributed by atoms with Crippen LogP contribution in [0.1, 0.15) is 25.7 Å². The van der Waals surface area contributed by atoms with Gasteiger partial charge in [-0.2, -0.15) is 0 Å². The Hall–Kier alpha value is -0.610. The molecule has 1 atom stereocenters. The van der Waals surface area contributed by atoms with E-state index in [1.54, 1.807) is 0 Å². The van der Waals surface area contributed by atoms with Crippen LogP contribution in [-0.2, 0) is 4.79 Å². The summed E-state index contributed by atoms with van der Waals surface area (Å²) in [5, 5.41) is 6.51. The summed E-state index contributed by atoms with van der Waals surface area (Å²) in [4.78, 5) is 14.3. The molecule has 0 saturated carbocycles. The molecule has 4 heteroatoms. The van der Waals surface area contributed by atoms with E-state index in [1.165, 1.54) is 6.42 Å². The van der Waals surface area contributed by atoms with Gasteiger partial charge in [-0.25, -0.2) is 0 Å². The molecule has 2 N–H and O–H groups in total. The maximum Gasteiger partial charge on any atom is 0.223 e. The third kappa shape index (κ3) is 3.19. The smallest absolute Gasteiger partial charge is 0.223 e. The minimum Gasteiger partial charge on any atom is -0.352 e. The second kappa shape index (κ2) is 5.64. The van der Waals surface area contributed by atoms with Crippen molar-refractivity contribution in [2.24, 2.45) is 5.92 Å². The van der Waals surface area contributed by atoms with Crippen LogP contribution in [0.4, 0.5) is 0 Å². The molecule has 0 bridgehead atoms. The van der Waals surface area contributed by atoms with E-state index < -0.39 is 0 Å². The summed E-state index contributed by atoms with van der Waals surface area (Å²) in [6.45, 7) is 4.15. The second-order valence-electron chi connectivity index (χ2n) is 5.13. The van der Waals surface area contributed by atoms with Crippen LogP contribution in [0.3, 0.4) is 0 Å². The highest BCUT2D eigenvalue weighted by Crippen LogP contribution is 2.16. The normalized spacial score (nSPS) is 28.9.